The third kappa shape index (κ3) is 4.52. The first-order valence-corrected chi connectivity index (χ1v) is 8.81. The van der Waals surface area contributed by atoms with Crippen molar-refractivity contribution in [1.82, 2.24) is 10.5 Å². The molecule has 0 saturated carbocycles. The molecule has 1 aromatic heterocycles. The molecule has 0 bridgehead atoms. The number of halogens is 2. The fourth-order valence-electron chi connectivity index (χ4n) is 2.62. The minimum atomic E-state index is -0.852. The van der Waals surface area contributed by atoms with E-state index in [1.165, 1.54) is 24.5 Å². The van der Waals surface area contributed by atoms with Gasteiger partial charge in [0.2, 0.25) is 0 Å². The number of oxazole rings is 1. The molecule has 9 heteroatoms. The summed E-state index contributed by atoms with van der Waals surface area (Å²) in [5.74, 6) is -2.18. The number of hydroxylamine groups is 1. The first-order valence-electron chi connectivity index (χ1n) is 8.81. The van der Waals surface area contributed by atoms with Crippen LogP contribution in [0.15, 0.2) is 47.9 Å². The van der Waals surface area contributed by atoms with Gasteiger partial charge in [0.25, 0.3) is 5.91 Å². The van der Waals surface area contributed by atoms with Gasteiger partial charge in [-0.2, -0.15) is 0 Å². The minimum absolute atomic E-state index is 0.0123. The summed E-state index contributed by atoms with van der Waals surface area (Å²) in [5.41, 5.74) is 2.57. The molecule has 3 rings (SSSR count). The Morgan fingerprint density at radius 3 is 2.86 bits per heavy atom. The fourth-order valence-corrected chi connectivity index (χ4v) is 2.62. The molecule has 0 saturated heterocycles. The molecule has 0 spiro atoms. The summed E-state index contributed by atoms with van der Waals surface area (Å²) in [6.45, 7) is 5.48. The second-order valence-corrected chi connectivity index (χ2v) is 5.92. The van der Waals surface area contributed by atoms with E-state index in [0.717, 1.165) is 12.0 Å². The number of hydrogen-bond donors (Lipinski definition) is 2. The summed E-state index contributed by atoms with van der Waals surface area (Å²) in [6.07, 6.45) is 2.94. The smallest absolute Gasteiger partial charge is 0.277 e. The standard InChI is InChI=1S/C20H19F2N3O4/c1-3-12-5-6-15(14(21)9-12)24-18-13(20(26)25-29-8-7-27-4-2)10-16-19(17(18)22)23-11-28-16/h4-6,9-11,24H,2-3,7-8H2,1H3,(H,25,26). The van der Waals surface area contributed by atoms with Crippen LogP contribution in [0, 0.1) is 11.6 Å². The van der Waals surface area contributed by atoms with Gasteiger partial charge in [-0.05, 0) is 30.2 Å². The van der Waals surface area contributed by atoms with Crippen LogP contribution < -0.4 is 10.8 Å². The van der Waals surface area contributed by atoms with E-state index in [1.54, 1.807) is 6.07 Å². The van der Waals surface area contributed by atoms with Crippen LogP contribution in [0.2, 0.25) is 0 Å². The lowest BCUT2D eigenvalue weighted by Crippen LogP contribution is -2.26. The molecule has 0 atom stereocenters. The fraction of sp³-hybridized carbons (Fsp3) is 0.200. The largest absolute Gasteiger partial charge is 0.499 e. The van der Waals surface area contributed by atoms with Gasteiger partial charge in [0.1, 0.15) is 24.5 Å². The van der Waals surface area contributed by atoms with Crippen molar-refractivity contribution in [3.05, 3.63) is 66.3 Å². The van der Waals surface area contributed by atoms with Crippen LogP contribution >= 0.6 is 0 Å². The number of nitrogens with zero attached hydrogens (tertiary/aromatic N) is 1. The molecule has 0 fully saturated rings. The van der Waals surface area contributed by atoms with E-state index in [-0.39, 0.29) is 41.3 Å². The number of fused-ring (bicyclic) bond motifs is 1. The van der Waals surface area contributed by atoms with Crippen molar-refractivity contribution >= 4 is 28.4 Å². The van der Waals surface area contributed by atoms with Crippen LogP contribution in [0.25, 0.3) is 11.1 Å². The average Bonchev–Trinajstić information content (AvgIpc) is 3.19. The van der Waals surface area contributed by atoms with Gasteiger partial charge >= 0.3 is 0 Å². The normalized spacial score (nSPS) is 10.7. The SMILES string of the molecule is C=COCCONC(=O)c1cc2ocnc2c(F)c1Nc1ccc(CC)cc1F. The van der Waals surface area contributed by atoms with Gasteiger partial charge in [-0.3, -0.25) is 9.63 Å². The molecule has 7 nitrogen and oxygen atoms in total. The van der Waals surface area contributed by atoms with Crippen LogP contribution in [-0.4, -0.2) is 24.1 Å². The number of nitrogens with one attached hydrogen (secondary N) is 2. The Kier molecular flexibility index (Phi) is 6.40. The van der Waals surface area contributed by atoms with Crippen molar-refractivity contribution in [2.45, 2.75) is 13.3 Å². The predicted molar refractivity (Wildman–Crippen MR) is 103 cm³/mol. The number of aryl methyl sites for hydroxylation is 1. The highest BCUT2D eigenvalue weighted by Crippen LogP contribution is 2.31. The van der Waals surface area contributed by atoms with E-state index < -0.39 is 17.5 Å². The number of rotatable bonds is 9. The molecule has 0 aliphatic heterocycles. The predicted octanol–water partition coefficient (Wildman–Crippen LogP) is 4.23. The Hall–Kier alpha value is -3.46. The third-order valence-corrected chi connectivity index (χ3v) is 4.10. The second-order valence-electron chi connectivity index (χ2n) is 5.92. The quantitative estimate of drug-likeness (QED) is 0.316. The number of anilines is 2. The maximum atomic E-state index is 15.0. The number of hydrogen-bond acceptors (Lipinski definition) is 6. The number of ether oxygens (including phenoxy) is 1. The maximum absolute atomic E-state index is 15.0. The number of carbonyl (C=O) groups excluding carboxylic acids is 1. The molecule has 1 amide bonds. The number of aromatic nitrogens is 1. The molecule has 0 aliphatic carbocycles. The van der Waals surface area contributed by atoms with Crippen molar-refractivity contribution < 1.29 is 27.6 Å². The number of benzene rings is 2. The van der Waals surface area contributed by atoms with E-state index >= 15 is 4.39 Å². The van der Waals surface area contributed by atoms with Gasteiger partial charge in [0.15, 0.2) is 17.8 Å². The van der Waals surface area contributed by atoms with Crippen molar-refractivity contribution in [2.24, 2.45) is 0 Å². The van der Waals surface area contributed by atoms with Crippen LogP contribution in [0.5, 0.6) is 0 Å². The number of amides is 1. The van der Waals surface area contributed by atoms with Crippen LogP contribution in [0.3, 0.4) is 0 Å². The summed E-state index contributed by atoms with van der Waals surface area (Å²) in [6, 6.07) is 5.83. The molecule has 0 radical (unpaired) electrons. The molecule has 0 unspecified atom stereocenters. The molecule has 1 heterocycles. The summed E-state index contributed by atoms with van der Waals surface area (Å²) < 4.78 is 39.4. The first kappa shape index (κ1) is 20.3. The summed E-state index contributed by atoms with van der Waals surface area (Å²) in [7, 11) is 0. The Labute approximate surface area is 165 Å². The van der Waals surface area contributed by atoms with E-state index in [4.69, 9.17) is 14.0 Å². The van der Waals surface area contributed by atoms with E-state index in [1.807, 2.05) is 6.92 Å². The van der Waals surface area contributed by atoms with E-state index in [0.29, 0.717) is 6.42 Å². The highest BCUT2D eigenvalue weighted by molar-refractivity contribution is 6.03. The first-order chi connectivity index (χ1) is 14.0. The average molecular weight is 403 g/mol. The zero-order valence-corrected chi connectivity index (χ0v) is 15.6. The van der Waals surface area contributed by atoms with Gasteiger partial charge in [-0.15, -0.1) is 0 Å². The van der Waals surface area contributed by atoms with Crippen LogP contribution in [0.4, 0.5) is 20.2 Å². The molecule has 29 heavy (non-hydrogen) atoms. The van der Waals surface area contributed by atoms with Crippen molar-refractivity contribution in [3.8, 4) is 0 Å². The molecule has 3 aromatic rings. The second kappa shape index (κ2) is 9.16. The van der Waals surface area contributed by atoms with Crippen molar-refractivity contribution in [1.29, 1.82) is 0 Å². The van der Waals surface area contributed by atoms with Crippen LogP contribution in [-0.2, 0) is 16.0 Å². The van der Waals surface area contributed by atoms with Crippen molar-refractivity contribution in [3.63, 3.8) is 0 Å². The van der Waals surface area contributed by atoms with Gasteiger partial charge in [0, 0.05) is 0 Å². The molecule has 152 valence electrons. The molecule has 0 aliphatic rings. The third-order valence-electron chi connectivity index (χ3n) is 4.10. The number of carbonyl (C=O) groups is 1. The Bertz CT molecular complexity index is 1040. The van der Waals surface area contributed by atoms with Gasteiger partial charge in [0.05, 0.1) is 23.2 Å². The van der Waals surface area contributed by atoms with Gasteiger partial charge in [-0.1, -0.05) is 19.6 Å². The van der Waals surface area contributed by atoms with Gasteiger partial charge < -0.3 is 14.5 Å². The molecular weight excluding hydrogens is 384 g/mol. The Morgan fingerprint density at radius 2 is 2.14 bits per heavy atom. The maximum Gasteiger partial charge on any atom is 0.277 e. The van der Waals surface area contributed by atoms with E-state index in [9.17, 15) is 9.18 Å². The Morgan fingerprint density at radius 1 is 1.31 bits per heavy atom. The zero-order chi connectivity index (χ0) is 20.8. The van der Waals surface area contributed by atoms with Crippen molar-refractivity contribution in [2.75, 3.05) is 18.5 Å². The topological polar surface area (TPSA) is 85.6 Å². The van der Waals surface area contributed by atoms with E-state index in [2.05, 4.69) is 22.4 Å². The van der Waals surface area contributed by atoms with Gasteiger partial charge in [-0.25, -0.2) is 19.2 Å². The molecular formula is C20H19F2N3O4. The zero-order valence-electron chi connectivity index (χ0n) is 15.6. The highest BCUT2D eigenvalue weighted by Gasteiger charge is 2.22. The Balaban J connectivity index is 1.92. The van der Waals surface area contributed by atoms with Crippen LogP contribution in [0.1, 0.15) is 22.8 Å². The lowest BCUT2D eigenvalue weighted by atomic mass is 10.1. The monoisotopic (exact) mass is 403 g/mol. The summed E-state index contributed by atoms with van der Waals surface area (Å²) in [5, 5.41) is 2.65. The summed E-state index contributed by atoms with van der Waals surface area (Å²) >= 11 is 0. The molecule has 2 aromatic carbocycles. The molecule has 2 N–H and O–H groups in total. The summed E-state index contributed by atoms with van der Waals surface area (Å²) in [4.78, 5) is 21.3. The minimum Gasteiger partial charge on any atom is -0.499 e. The lowest BCUT2D eigenvalue weighted by Gasteiger charge is -2.14. The highest BCUT2D eigenvalue weighted by atomic mass is 19.1. The lowest BCUT2D eigenvalue weighted by molar-refractivity contribution is 0.0145.